The number of cyclic esters (lactones) is 1. The molecule has 82 valence electrons. The topological polar surface area (TPSA) is 46.6 Å². The maximum Gasteiger partial charge on any atom is 0.355 e. The van der Waals surface area contributed by atoms with Gasteiger partial charge in [-0.3, -0.25) is 9.69 Å². The zero-order valence-electron chi connectivity index (χ0n) is 7.59. The summed E-state index contributed by atoms with van der Waals surface area (Å²) in [6, 6.07) is 0. The van der Waals surface area contributed by atoms with Crippen LogP contribution in [0.15, 0.2) is 11.3 Å². The number of alkyl halides is 3. The third-order valence-electron chi connectivity index (χ3n) is 2.29. The molecule has 0 aromatic carbocycles. The fourth-order valence-corrected chi connectivity index (χ4v) is 2.84. The van der Waals surface area contributed by atoms with Crippen LogP contribution in [0.4, 0.5) is 0 Å². The number of carbonyl (C=O) groups is 2. The van der Waals surface area contributed by atoms with Gasteiger partial charge in [-0.05, 0) is 12.5 Å². The monoisotopic (exact) mass is 401 g/mol. The molecule has 1 fully saturated rings. The Balaban J connectivity index is 2.32. The Bertz CT molecular complexity index is 391. The first-order valence-electron chi connectivity index (χ1n) is 4.09. The molecule has 0 aliphatic carbocycles. The average Bonchev–Trinajstić information content (AvgIpc) is 2.49. The molecule has 1 unspecified atom stereocenters. The van der Waals surface area contributed by atoms with Crippen LogP contribution in [0.3, 0.4) is 0 Å². The Kier molecular flexibility index (Phi) is 2.76. The average molecular weight is 404 g/mol. The lowest BCUT2D eigenvalue weighted by Gasteiger charge is -2.46. The summed E-state index contributed by atoms with van der Waals surface area (Å²) in [5, 5.41) is 0. The molecule has 2 heterocycles. The Labute approximate surface area is 111 Å². The van der Waals surface area contributed by atoms with Crippen molar-refractivity contribution in [2.45, 2.75) is 15.1 Å². The molecule has 0 spiro atoms. The van der Waals surface area contributed by atoms with Crippen LogP contribution in [0.5, 0.6) is 0 Å². The van der Waals surface area contributed by atoms with Gasteiger partial charge in [0, 0.05) is 0 Å². The highest BCUT2D eigenvalue weighted by atomic mass is 79.9. The van der Waals surface area contributed by atoms with Crippen molar-refractivity contribution in [2.24, 2.45) is 0 Å². The van der Waals surface area contributed by atoms with Crippen molar-refractivity contribution in [3.8, 4) is 0 Å². The Morgan fingerprint density at radius 3 is 2.47 bits per heavy atom. The molecule has 0 aromatic heterocycles. The molecule has 0 radical (unpaired) electrons. The van der Waals surface area contributed by atoms with Crippen LogP contribution < -0.4 is 0 Å². The predicted molar refractivity (Wildman–Crippen MR) is 63.8 cm³/mol. The summed E-state index contributed by atoms with van der Waals surface area (Å²) >= 11 is 9.78. The number of ether oxygens (including phenoxy) is 1. The highest BCUT2D eigenvalue weighted by molar-refractivity contribution is 9.26. The third kappa shape index (κ3) is 1.51. The molecule has 4 nitrogen and oxygen atoms in total. The molecule has 7 heteroatoms. The van der Waals surface area contributed by atoms with Gasteiger partial charge in [0.1, 0.15) is 17.3 Å². The number of β-lactam (4-membered cyclic amide) rings is 1. The van der Waals surface area contributed by atoms with Gasteiger partial charge in [-0.25, -0.2) is 4.79 Å². The Morgan fingerprint density at radius 2 is 2.07 bits per heavy atom. The number of hydrogen-bond donors (Lipinski definition) is 0. The molecule has 0 saturated carbocycles. The van der Waals surface area contributed by atoms with Crippen molar-refractivity contribution in [3.05, 3.63) is 11.3 Å². The first-order valence-corrected chi connectivity index (χ1v) is 6.60. The zero-order valence-corrected chi connectivity index (χ0v) is 12.3. The van der Waals surface area contributed by atoms with Gasteiger partial charge in [0.25, 0.3) is 5.91 Å². The summed E-state index contributed by atoms with van der Waals surface area (Å²) in [5.74, 6) is -0.654. The quantitative estimate of drug-likeness (QED) is 0.290. The van der Waals surface area contributed by atoms with Crippen molar-refractivity contribution in [1.29, 1.82) is 0 Å². The molecule has 1 atom stereocenters. The largest absolute Gasteiger partial charge is 0.456 e. The van der Waals surface area contributed by atoms with Crippen molar-refractivity contribution < 1.29 is 14.3 Å². The summed E-state index contributed by atoms with van der Waals surface area (Å²) < 4.78 is 4.02. The lowest BCUT2D eigenvalue weighted by atomic mass is 10.1. The van der Waals surface area contributed by atoms with Crippen LogP contribution in [-0.4, -0.2) is 31.6 Å². The van der Waals surface area contributed by atoms with Gasteiger partial charge in [-0.2, -0.15) is 0 Å². The van der Waals surface area contributed by atoms with E-state index in [1.165, 1.54) is 4.90 Å². The molecular weight excluding hydrogens is 398 g/mol. The summed E-state index contributed by atoms with van der Waals surface area (Å²) in [7, 11) is 0. The zero-order chi connectivity index (χ0) is 11.4. The smallest absolute Gasteiger partial charge is 0.355 e. The molecule has 0 bridgehead atoms. The van der Waals surface area contributed by atoms with Crippen molar-refractivity contribution in [2.75, 3.05) is 6.61 Å². The van der Waals surface area contributed by atoms with E-state index in [-0.39, 0.29) is 17.5 Å². The highest BCUT2D eigenvalue weighted by Crippen LogP contribution is 2.49. The minimum absolute atomic E-state index is 0.211. The molecular formula is C8H6Br3NO3. The molecule has 0 N–H and O–H groups in total. The molecule has 1 saturated heterocycles. The Morgan fingerprint density at radius 1 is 1.47 bits per heavy atom. The van der Waals surface area contributed by atoms with E-state index < -0.39 is 9.20 Å². The van der Waals surface area contributed by atoms with Crippen molar-refractivity contribution in [1.82, 2.24) is 4.90 Å². The SMILES string of the molecule is CC1=C(N2C(=O)C(Br)(Br)C2Br)C(=O)OC1. The first-order chi connectivity index (χ1) is 6.87. The van der Waals surface area contributed by atoms with Gasteiger partial charge in [-0.15, -0.1) is 0 Å². The minimum Gasteiger partial charge on any atom is -0.456 e. The predicted octanol–water partition coefficient (Wildman–Crippen LogP) is 1.87. The fraction of sp³-hybridized carbons (Fsp3) is 0.500. The van der Waals surface area contributed by atoms with E-state index in [1.807, 2.05) is 0 Å². The van der Waals surface area contributed by atoms with Gasteiger partial charge in [0.15, 0.2) is 3.23 Å². The number of halogens is 3. The number of likely N-dealkylation sites (tertiary alicyclic amines) is 1. The summed E-state index contributed by atoms with van der Waals surface area (Å²) in [6.45, 7) is 2.03. The molecule has 2 aliphatic heterocycles. The van der Waals surface area contributed by atoms with E-state index in [0.717, 1.165) is 5.57 Å². The van der Waals surface area contributed by atoms with Crippen LogP contribution in [0.2, 0.25) is 0 Å². The van der Waals surface area contributed by atoms with Gasteiger partial charge < -0.3 is 4.74 Å². The van der Waals surface area contributed by atoms with E-state index in [2.05, 4.69) is 47.8 Å². The number of esters is 1. The van der Waals surface area contributed by atoms with Crippen LogP contribution in [0.1, 0.15) is 6.92 Å². The first kappa shape index (κ1) is 11.6. The number of carbonyl (C=O) groups excluding carboxylic acids is 2. The lowest BCUT2D eigenvalue weighted by molar-refractivity contribution is -0.146. The van der Waals surface area contributed by atoms with Gasteiger partial charge in [-0.1, -0.05) is 47.8 Å². The third-order valence-corrected chi connectivity index (χ3v) is 6.16. The second kappa shape index (κ2) is 3.56. The maximum atomic E-state index is 11.7. The van der Waals surface area contributed by atoms with Crippen LogP contribution >= 0.6 is 47.8 Å². The van der Waals surface area contributed by atoms with E-state index >= 15 is 0 Å². The summed E-state index contributed by atoms with van der Waals surface area (Å²) in [5.41, 5.74) is 1.12. The van der Waals surface area contributed by atoms with E-state index in [1.54, 1.807) is 6.92 Å². The molecule has 2 rings (SSSR count). The molecule has 15 heavy (non-hydrogen) atoms. The Hall–Kier alpha value is 0.120. The van der Waals surface area contributed by atoms with Gasteiger partial charge >= 0.3 is 5.97 Å². The maximum absolute atomic E-state index is 11.7. The fourth-order valence-electron chi connectivity index (χ4n) is 1.47. The summed E-state index contributed by atoms with van der Waals surface area (Å²) in [4.78, 5) is 24.2. The minimum atomic E-state index is -0.823. The second-order valence-corrected chi connectivity index (χ2v) is 7.77. The highest BCUT2D eigenvalue weighted by Gasteiger charge is 2.60. The van der Waals surface area contributed by atoms with Crippen molar-refractivity contribution in [3.63, 3.8) is 0 Å². The normalized spacial score (nSPS) is 29.3. The van der Waals surface area contributed by atoms with Crippen LogP contribution in [0.25, 0.3) is 0 Å². The molecule has 1 amide bonds. The lowest BCUT2D eigenvalue weighted by Crippen LogP contribution is -2.64. The van der Waals surface area contributed by atoms with E-state index in [4.69, 9.17) is 4.74 Å². The molecule has 2 aliphatic rings. The van der Waals surface area contributed by atoms with E-state index in [9.17, 15) is 9.59 Å². The second-order valence-electron chi connectivity index (χ2n) is 3.34. The number of nitrogens with zero attached hydrogens (tertiary/aromatic N) is 1. The number of hydrogen-bond acceptors (Lipinski definition) is 3. The number of rotatable bonds is 1. The van der Waals surface area contributed by atoms with Gasteiger partial charge in [0.2, 0.25) is 0 Å². The van der Waals surface area contributed by atoms with Gasteiger partial charge in [0.05, 0.1) is 0 Å². The standard InChI is InChI=1S/C8H6Br3NO3/c1-3-2-15-5(13)4(3)12-6(9)8(10,11)7(12)14/h6H,2H2,1H3. The van der Waals surface area contributed by atoms with Crippen molar-refractivity contribution >= 4 is 59.7 Å². The summed E-state index contributed by atoms with van der Waals surface area (Å²) in [6.07, 6.45) is 0. The van der Waals surface area contributed by atoms with Crippen LogP contribution in [0, 0.1) is 0 Å². The van der Waals surface area contributed by atoms with E-state index in [0.29, 0.717) is 5.70 Å². The number of amides is 1. The van der Waals surface area contributed by atoms with Crippen LogP contribution in [-0.2, 0) is 14.3 Å². The molecule has 0 aromatic rings.